The van der Waals surface area contributed by atoms with Crippen LogP contribution >= 0.6 is 0 Å². The first-order valence-electron chi connectivity index (χ1n) is 11.1. The Morgan fingerprint density at radius 3 is 2.39 bits per heavy atom. The van der Waals surface area contributed by atoms with Crippen LogP contribution in [-0.4, -0.2) is 77.2 Å². The van der Waals surface area contributed by atoms with Crippen molar-refractivity contribution in [3.8, 4) is 0 Å². The van der Waals surface area contributed by atoms with Gasteiger partial charge in [0.25, 0.3) is 21.8 Å². The number of rotatable bonds is 4. The predicted octanol–water partition coefficient (Wildman–Crippen LogP) is 2.53. The molecule has 2 saturated heterocycles. The highest BCUT2D eigenvalue weighted by atomic mass is 32.2. The summed E-state index contributed by atoms with van der Waals surface area (Å²) in [5.74, 6) is 0.00786. The second-order valence-corrected chi connectivity index (χ2v) is 10.6. The summed E-state index contributed by atoms with van der Waals surface area (Å²) in [6.07, 6.45) is 3.50. The molecule has 0 saturated carbocycles. The van der Waals surface area contributed by atoms with Crippen molar-refractivity contribution in [2.75, 3.05) is 39.3 Å². The number of piperidine rings is 1. The van der Waals surface area contributed by atoms with Crippen molar-refractivity contribution in [3.63, 3.8) is 0 Å². The largest absolute Gasteiger partial charge is 0.337 e. The van der Waals surface area contributed by atoms with Crippen molar-refractivity contribution in [1.29, 1.82) is 0 Å². The molecule has 170 valence electrons. The van der Waals surface area contributed by atoms with E-state index in [9.17, 15) is 13.2 Å². The maximum Gasteiger partial charge on any atom is 0.282 e. The van der Waals surface area contributed by atoms with Crippen LogP contribution < -0.4 is 0 Å². The summed E-state index contributed by atoms with van der Waals surface area (Å²) >= 11 is 0. The van der Waals surface area contributed by atoms with Crippen LogP contribution in [0.25, 0.3) is 11.1 Å². The molecule has 2 aromatic heterocycles. The van der Waals surface area contributed by atoms with E-state index >= 15 is 0 Å². The summed E-state index contributed by atoms with van der Waals surface area (Å²) in [6, 6.07) is 1.83. The number of nitrogens with zero attached hydrogens (tertiary/aromatic N) is 5. The van der Waals surface area contributed by atoms with Gasteiger partial charge in [0.05, 0.1) is 16.6 Å². The quantitative estimate of drug-likeness (QED) is 0.711. The molecule has 0 bridgehead atoms. The summed E-state index contributed by atoms with van der Waals surface area (Å²) in [5.41, 5.74) is 2.30. The summed E-state index contributed by atoms with van der Waals surface area (Å²) in [4.78, 5) is 19.8. The molecule has 2 aliphatic heterocycles. The minimum Gasteiger partial charge on any atom is -0.337 e. The van der Waals surface area contributed by atoms with Crippen molar-refractivity contribution in [2.45, 2.75) is 52.4 Å². The first-order chi connectivity index (χ1) is 14.8. The van der Waals surface area contributed by atoms with Crippen LogP contribution in [-0.2, 0) is 10.2 Å². The van der Waals surface area contributed by atoms with E-state index in [-0.39, 0.29) is 11.8 Å². The number of hydrogen-bond acceptors (Lipinski definition) is 6. The van der Waals surface area contributed by atoms with E-state index in [4.69, 9.17) is 4.52 Å². The minimum absolute atomic E-state index is 0.127. The number of carbonyl (C=O) groups is 1. The van der Waals surface area contributed by atoms with Gasteiger partial charge in [0, 0.05) is 45.0 Å². The Bertz CT molecular complexity index is 1060. The second-order valence-electron chi connectivity index (χ2n) is 8.71. The number of pyridine rings is 1. The van der Waals surface area contributed by atoms with Gasteiger partial charge in [-0.3, -0.25) is 4.79 Å². The van der Waals surface area contributed by atoms with E-state index in [1.807, 2.05) is 19.9 Å². The summed E-state index contributed by atoms with van der Waals surface area (Å²) in [7, 11) is -3.48. The summed E-state index contributed by atoms with van der Waals surface area (Å²) in [5, 5.41) is 4.63. The molecule has 31 heavy (non-hydrogen) atoms. The Hall–Kier alpha value is -2.04. The van der Waals surface area contributed by atoms with Crippen LogP contribution in [0.15, 0.2) is 10.6 Å². The van der Waals surface area contributed by atoms with Gasteiger partial charge >= 0.3 is 0 Å². The first kappa shape index (κ1) is 22.2. The van der Waals surface area contributed by atoms with Crippen LogP contribution in [0.4, 0.5) is 0 Å². The first-order valence-corrected chi connectivity index (χ1v) is 12.5. The van der Waals surface area contributed by atoms with E-state index in [1.54, 1.807) is 16.1 Å². The molecule has 0 unspecified atom stereocenters. The normalized spacial score (nSPS) is 19.8. The average Bonchev–Trinajstić information content (AvgIpc) is 2.98. The van der Waals surface area contributed by atoms with Crippen LogP contribution in [0, 0.1) is 6.92 Å². The number of aryl methyl sites for hydroxylation is 1. The fourth-order valence-corrected chi connectivity index (χ4v) is 6.05. The summed E-state index contributed by atoms with van der Waals surface area (Å²) in [6.45, 7) is 8.60. The van der Waals surface area contributed by atoms with E-state index in [2.05, 4.69) is 10.1 Å². The number of carbonyl (C=O) groups excluding carboxylic acids is 1. The molecule has 2 aliphatic rings. The molecule has 0 aromatic carbocycles. The molecule has 9 nitrogen and oxygen atoms in total. The zero-order chi connectivity index (χ0) is 22.2. The molecular formula is C21H31N5O4S. The van der Waals surface area contributed by atoms with Crippen LogP contribution in [0.1, 0.15) is 67.2 Å². The maximum absolute atomic E-state index is 13.5. The molecule has 4 rings (SSSR count). The average molecular weight is 450 g/mol. The van der Waals surface area contributed by atoms with Crippen LogP contribution in [0.2, 0.25) is 0 Å². The van der Waals surface area contributed by atoms with Crippen molar-refractivity contribution in [2.24, 2.45) is 0 Å². The lowest BCUT2D eigenvalue weighted by Crippen LogP contribution is -2.47. The molecule has 0 aliphatic carbocycles. The molecule has 0 spiro atoms. The van der Waals surface area contributed by atoms with Crippen molar-refractivity contribution in [1.82, 2.24) is 23.7 Å². The standard InChI is InChI=1S/C21H31N5O4S/c1-15(2)18-14-17(19-16(3)23-30-20(19)22-18)21(27)24-8-7-11-26(13-12-24)31(28,29)25-9-5-4-6-10-25/h14-15H,4-13H2,1-3H3. The Kier molecular flexibility index (Phi) is 6.32. The fourth-order valence-electron chi connectivity index (χ4n) is 4.34. The van der Waals surface area contributed by atoms with Gasteiger partial charge in [-0.1, -0.05) is 25.4 Å². The Morgan fingerprint density at radius 2 is 1.68 bits per heavy atom. The van der Waals surface area contributed by atoms with Gasteiger partial charge < -0.3 is 9.42 Å². The second kappa shape index (κ2) is 8.84. The SMILES string of the molecule is Cc1noc2nc(C(C)C)cc(C(=O)N3CCCN(S(=O)(=O)N4CCCCC4)CC3)c12. The molecular weight excluding hydrogens is 418 g/mol. The Morgan fingerprint density at radius 1 is 1.00 bits per heavy atom. The topological polar surface area (TPSA) is 99.9 Å². The third-order valence-electron chi connectivity index (χ3n) is 6.17. The highest BCUT2D eigenvalue weighted by Crippen LogP contribution is 2.27. The van der Waals surface area contributed by atoms with Crippen molar-refractivity contribution < 1.29 is 17.7 Å². The number of amides is 1. The molecule has 0 radical (unpaired) electrons. The van der Waals surface area contributed by atoms with Gasteiger partial charge in [-0.25, -0.2) is 4.98 Å². The smallest absolute Gasteiger partial charge is 0.282 e. The van der Waals surface area contributed by atoms with Gasteiger partial charge in [0.15, 0.2) is 0 Å². The lowest BCUT2D eigenvalue weighted by molar-refractivity contribution is 0.0765. The van der Waals surface area contributed by atoms with E-state index < -0.39 is 10.2 Å². The fraction of sp³-hybridized carbons (Fsp3) is 0.667. The van der Waals surface area contributed by atoms with Gasteiger partial charge in [0.1, 0.15) is 0 Å². The summed E-state index contributed by atoms with van der Waals surface area (Å²) < 4.78 is 34.6. The Balaban J connectivity index is 1.56. The third-order valence-corrected chi connectivity index (χ3v) is 8.20. The molecule has 0 N–H and O–H groups in total. The lowest BCUT2D eigenvalue weighted by atomic mass is 10.0. The van der Waals surface area contributed by atoms with Crippen LogP contribution in [0.5, 0.6) is 0 Å². The Labute approximate surface area is 183 Å². The van der Waals surface area contributed by atoms with E-state index in [0.29, 0.717) is 68.0 Å². The number of fused-ring (bicyclic) bond motifs is 1. The van der Waals surface area contributed by atoms with Gasteiger partial charge in [-0.15, -0.1) is 0 Å². The van der Waals surface area contributed by atoms with Gasteiger partial charge in [0.2, 0.25) is 0 Å². The van der Waals surface area contributed by atoms with Crippen molar-refractivity contribution in [3.05, 3.63) is 23.0 Å². The molecule has 4 heterocycles. The van der Waals surface area contributed by atoms with Gasteiger partial charge in [-0.2, -0.15) is 17.0 Å². The minimum atomic E-state index is -3.48. The zero-order valence-corrected chi connectivity index (χ0v) is 19.3. The molecule has 2 fully saturated rings. The molecule has 1 amide bonds. The monoisotopic (exact) mass is 449 g/mol. The number of hydrogen-bond donors (Lipinski definition) is 0. The van der Waals surface area contributed by atoms with Crippen LogP contribution in [0.3, 0.4) is 0 Å². The number of aromatic nitrogens is 2. The highest BCUT2D eigenvalue weighted by Gasteiger charge is 2.33. The molecule has 2 aromatic rings. The molecule has 0 atom stereocenters. The van der Waals surface area contributed by atoms with Gasteiger partial charge in [-0.05, 0) is 38.2 Å². The lowest BCUT2D eigenvalue weighted by Gasteiger charge is -2.31. The third kappa shape index (κ3) is 4.33. The molecule has 10 heteroatoms. The van der Waals surface area contributed by atoms with E-state index in [0.717, 1.165) is 25.0 Å². The highest BCUT2D eigenvalue weighted by molar-refractivity contribution is 7.86. The van der Waals surface area contributed by atoms with E-state index in [1.165, 1.54) is 4.31 Å². The maximum atomic E-state index is 13.5. The zero-order valence-electron chi connectivity index (χ0n) is 18.5. The predicted molar refractivity (Wildman–Crippen MR) is 117 cm³/mol. The van der Waals surface area contributed by atoms with Crippen molar-refractivity contribution >= 4 is 27.2 Å².